The van der Waals surface area contributed by atoms with Crippen molar-refractivity contribution in [2.24, 2.45) is 0 Å². The maximum absolute atomic E-state index is 12.0. The van der Waals surface area contributed by atoms with Gasteiger partial charge in [0, 0.05) is 31.6 Å². The highest BCUT2D eigenvalue weighted by Gasteiger charge is 2.21. The van der Waals surface area contributed by atoms with Gasteiger partial charge >= 0.3 is 0 Å². The molecular formula is C17H26N2O3S. The van der Waals surface area contributed by atoms with Crippen LogP contribution in [0.2, 0.25) is 0 Å². The second-order valence-electron chi connectivity index (χ2n) is 6.17. The molecule has 5 nitrogen and oxygen atoms in total. The molecule has 1 aromatic carbocycles. The number of ether oxygens (including phenoxy) is 1. The van der Waals surface area contributed by atoms with Crippen molar-refractivity contribution in [1.82, 2.24) is 9.62 Å². The molecule has 1 saturated heterocycles. The predicted molar refractivity (Wildman–Crippen MR) is 93.6 cm³/mol. The number of sulfonamides is 1. The van der Waals surface area contributed by atoms with Gasteiger partial charge in [-0.3, -0.25) is 4.90 Å². The van der Waals surface area contributed by atoms with Crippen molar-refractivity contribution in [2.75, 3.05) is 26.2 Å². The van der Waals surface area contributed by atoms with Crippen LogP contribution in [0.15, 0.2) is 29.7 Å². The second-order valence-corrected chi connectivity index (χ2v) is 7.82. The van der Waals surface area contributed by atoms with Crippen LogP contribution in [0.5, 0.6) is 0 Å². The summed E-state index contributed by atoms with van der Waals surface area (Å²) in [5, 5.41) is 1.22. The fourth-order valence-corrected chi connectivity index (χ4v) is 3.52. The first-order chi connectivity index (χ1) is 10.8. The molecule has 0 amide bonds. The SMILES string of the molecule is Cc1ccc(/C=C/S(=O)(=O)NCCN2CC(C)OC(C)C2)cc1. The van der Waals surface area contributed by atoms with E-state index in [1.54, 1.807) is 6.08 Å². The van der Waals surface area contributed by atoms with Crippen LogP contribution in [0.1, 0.15) is 25.0 Å². The third-order valence-electron chi connectivity index (χ3n) is 3.74. The van der Waals surface area contributed by atoms with Gasteiger partial charge in [-0.1, -0.05) is 29.8 Å². The number of hydrogen-bond donors (Lipinski definition) is 1. The fourth-order valence-electron chi connectivity index (χ4n) is 2.71. The molecule has 0 bridgehead atoms. The lowest BCUT2D eigenvalue weighted by atomic mass is 10.2. The Kier molecular flexibility index (Phi) is 6.35. The largest absolute Gasteiger partial charge is 0.373 e. The third kappa shape index (κ3) is 6.43. The molecule has 2 unspecified atom stereocenters. The minimum Gasteiger partial charge on any atom is -0.373 e. The van der Waals surface area contributed by atoms with E-state index in [1.807, 2.05) is 45.0 Å². The van der Waals surface area contributed by atoms with Gasteiger partial charge in [0.15, 0.2) is 0 Å². The Balaban J connectivity index is 1.80. The van der Waals surface area contributed by atoms with Crippen LogP contribution in [0.4, 0.5) is 0 Å². The van der Waals surface area contributed by atoms with E-state index >= 15 is 0 Å². The van der Waals surface area contributed by atoms with Gasteiger partial charge in [-0.15, -0.1) is 0 Å². The quantitative estimate of drug-likeness (QED) is 0.862. The van der Waals surface area contributed by atoms with Crippen molar-refractivity contribution in [1.29, 1.82) is 0 Å². The van der Waals surface area contributed by atoms with Gasteiger partial charge in [-0.25, -0.2) is 13.1 Å². The van der Waals surface area contributed by atoms with Crippen molar-refractivity contribution in [3.8, 4) is 0 Å². The highest BCUT2D eigenvalue weighted by Crippen LogP contribution is 2.10. The summed E-state index contributed by atoms with van der Waals surface area (Å²) in [6, 6.07) is 7.72. The van der Waals surface area contributed by atoms with Gasteiger partial charge in [0.25, 0.3) is 0 Å². The topological polar surface area (TPSA) is 58.6 Å². The van der Waals surface area contributed by atoms with E-state index in [2.05, 4.69) is 9.62 Å². The standard InChI is InChI=1S/C17H26N2O3S/c1-14-4-6-17(7-5-14)8-11-23(20,21)18-9-10-19-12-15(2)22-16(3)13-19/h4-8,11,15-16,18H,9-10,12-13H2,1-3H3/b11-8+. The van der Waals surface area contributed by atoms with Crippen LogP contribution in [-0.4, -0.2) is 51.7 Å². The number of nitrogens with one attached hydrogen (secondary N) is 1. The Morgan fingerprint density at radius 1 is 1.22 bits per heavy atom. The van der Waals surface area contributed by atoms with Gasteiger partial charge < -0.3 is 4.74 Å². The molecule has 128 valence electrons. The zero-order valence-electron chi connectivity index (χ0n) is 14.0. The van der Waals surface area contributed by atoms with Crippen LogP contribution in [0.3, 0.4) is 0 Å². The molecule has 1 N–H and O–H groups in total. The molecule has 1 aliphatic rings. The van der Waals surface area contributed by atoms with Crippen molar-refractivity contribution >= 4 is 16.1 Å². The highest BCUT2D eigenvalue weighted by molar-refractivity contribution is 7.92. The van der Waals surface area contributed by atoms with E-state index in [-0.39, 0.29) is 12.2 Å². The first-order valence-electron chi connectivity index (χ1n) is 7.96. The maximum atomic E-state index is 12.0. The number of nitrogens with zero attached hydrogens (tertiary/aromatic N) is 1. The summed E-state index contributed by atoms with van der Waals surface area (Å²) in [5.74, 6) is 0. The van der Waals surface area contributed by atoms with Crippen molar-refractivity contribution < 1.29 is 13.2 Å². The lowest BCUT2D eigenvalue weighted by molar-refractivity contribution is -0.0671. The molecule has 0 saturated carbocycles. The molecule has 0 aliphatic carbocycles. The maximum Gasteiger partial charge on any atom is 0.233 e. The molecule has 0 radical (unpaired) electrons. The number of hydrogen-bond acceptors (Lipinski definition) is 4. The molecule has 1 fully saturated rings. The highest BCUT2D eigenvalue weighted by atomic mass is 32.2. The van der Waals surface area contributed by atoms with E-state index < -0.39 is 10.0 Å². The fraction of sp³-hybridized carbons (Fsp3) is 0.529. The molecule has 6 heteroatoms. The molecule has 2 rings (SSSR count). The third-order valence-corrected chi connectivity index (χ3v) is 4.84. The summed E-state index contributed by atoms with van der Waals surface area (Å²) in [5.41, 5.74) is 2.02. The van der Waals surface area contributed by atoms with Crippen LogP contribution in [0, 0.1) is 6.92 Å². The van der Waals surface area contributed by atoms with Crippen LogP contribution in [0.25, 0.3) is 6.08 Å². The Bertz CT molecular complexity index is 616. The van der Waals surface area contributed by atoms with E-state index in [0.29, 0.717) is 13.1 Å². The minimum atomic E-state index is -3.41. The zero-order chi connectivity index (χ0) is 16.9. The number of morpholine rings is 1. The molecule has 0 aromatic heterocycles. The molecule has 1 aliphatic heterocycles. The van der Waals surface area contributed by atoms with Crippen LogP contribution < -0.4 is 4.72 Å². The van der Waals surface area contributed by atoms with E-state index in [0.717, 1.165) is 24.2 Å². The summed E-state index contributed by atoms with van der Waals surface area (Å²) in [6.07, 6.45) is 1.99. The summed E-state index contributed by atoms with van der Waals surface area (Å²) < 4.78 is 32.3. The normalized spacial score (nSPS) is 23.4. The van der Waals surface area contributed by atoms with E-state index in [9.17, 15) is 8.42 Å². The average Bonchev–Trinajstić information content (AvgIpc) is 2.45. The summed E-state index contributed by atoms with van der Waals surface area (Å²) in [4.78, 5) is 2.23. The minimum absolute atomic E-state index is 0.191. The smallest absolute Gasteiger partial charge is 0.233 e. The first-order valence-corrected chi connectivity index (χ1v) is 9.51. The van der Waals surface area contributed by atoms with E-state index in [1.165, 1.54) is 5.41 Å². The van der Waals surface area contributed by atoms with Crippen LogP contribution in [-0.2, 0) is 14.8 Å². The van der Waals surface area contributed by atoms with Crippen LogP contribution >= 0.6 is 0 Å². The van der Waals surface area contributed by atoms with Gasteiger partial charge in [0.2, 0.25) is 10.0 Å². The van der Waals surface area contributed by atoms with Gasteiger partial charge in [0.1, 0.15) is 0 Å². The number of benzene rings is 1. The number of rotatable bonds is 6. The Morgan fingerprint density at radius 3 is 2.43 bits per heavy atom. The van der Waals surface area contributed by atoms with Gasteiger partial charge in [-0.05, 0) is 32.4 Å². The molecule has 1 aromatic rings. The zero-order valence-corrected chi connectivity index (χ0v) is 14.8. The van der Waals surface area contributed by atoms with Crippen molar-refractivity contribution in [2.45, 2.75) is 33.0 Å². The number of aryl methyl sites for hydroxylation is 1. The summed E-state index contributed by atoms with van der Waals surface area (Å²) >= 11 is 0. The summed E-state index contributed by atoms with van der Waals surface area (Å²) in [7, 11) is -3.41. The molecule has 2 atom stereocenters. The monoisotopic (exact) mass is 338 g/mol. The first kappa shape index (κ1) is 18.1. The Labute approximate surface area is 139 Å². The molecular weight excluding hydrogens is 312 g/mol. The van der Waals surface area contributed by atoms with E-state index in [4.69, 9.17) is 4.74 Å². The Hall–Kier alpha value is -1.21. The second kappa shape index (κ2) is 8.06. The van der Waals surface area contributed by atoms with Gasteiger partial charge in [-0.2, -0.15) is 0 Å². The lowest BCUT2D eigenvalue weighted by Gasteiger charge is -2.35. The van der Waals surface area contributed by atoms with Crippen molar-refractivity contribution in [3.05, 3.63) is 40.8 Å². The van der Waals surface area contributed by atoms with Gasteiger partial charge in [0.05, 0.1) is 12.2 Å². The summed E-state index contributed by atoms with van der Waals surface area (Å²) in [6.45, 7) is 8.85. The lowest BCUT2D eigenvalue weighted by Crippen LogP contribution is -2.47. The molecule has 23 heavy (non-hydrogen) atoms. The Morgan fingerprint density at radius 2 is 1.83 bits per heavy atom. The van der Waals surface area contributed by atoms with Crippen molar-refractivity contribution in [3.63, 3.8) is 0 Å². The molecule has 1 heterocycles. The molecule has 0 spiro atoms. The average molecular weight is 338 g/mol. The predicted octanol–water partition coefficient (Wildman–Crippen LogP) is 1.99.